The molecule has 0 spiro atoms. The molecule has 6 nitrogen and oxygen atoms in total. The number of ether oxygens (including phenoxy) is 1. The fraction of sp³-hybridized carbons (Fsp3) is 0.200. The van der Waals surface area contributed by atoms with Crippen LogP contribution in [0.15, 0.2) is 48.8 Å². The van der Waals surface area contributed by atoms with E-state index in [1.807, 2.05) is 19.1 Å². The van der Waals surface area contributed by atoms with E-state index < -0.39 is 5.97 Å². The van der Waals surface area contributed by atoms with Crippen LogP contribution in [-0.2, 0) is 0 Å². The van der Waals surface area contributed by atoms with Gasteiger partial charge in [0, 0.05) is 22.7 Å². The number of methoxy groups -OCH3 is 1. The molecule has 138 valence electrons. The maximum Gasteiger partial charge on any atom is 0.354 e. The number of hydrogen-bond acceptors (Lipinski definition) is 5. The van der Waals surface area contributed by atoms with Gasteiger partial charge < -0.3 is 9.84 Å². The quantitative estimate of drug-likeness (QED) is 0.677. The number of benzene rings is 1. The number of nitrogens with zero attached hydrogens (tertiary/aromatic N) is 3. The van der Waals surface area contributed by atoms with Crippen LogP contribution in [0.4, 0.5) is 0 Å². The van der Waals surface area contributed by atoms with Gasteiger partial charge in [0.2, 0.25) is 5.88 Å². The molecule has 0 saturated carbocycles. The third kappa shape index (κ3) is 3.90. The van der Waals surface area contributed by atoms with Gasteiger partial charge in [-0.3, -0.25) is 0 Å². The van der Waals surface area contributed by atoms with Gasteiger partial charge in [-0.15, -0.1) is 0 Å². The second-order valence-electron chi connectivity index (χ2n) is 5.87. The van der Waals surface area contributed by atoms with E-state index in [4.69, 9.17) is 21.3 Å². The molecular weight excluding hydrogens is 366 g/mol. The van der Waals surface area contributed by atoms with Gasteiger partial charge in [0.05, 0.1) is 19.0 Å². The Balaban J connectivity index is 2.14. The zero-order chi connectivity index (χ0) is 19.4. The second-order valence-corrected chi connectivity index (χ2v) is 6.31. The molecule has 0 aliphatic rings. The van der Waals surface area contributed by atoms with Crippen LogP contribution in [-0.4, -0.2) is 33.1 Å². The van der Waals surface area contributed by atoms with Crippen LogP contribution in [0.1, 0.15) is 41.0 Å². The van der Waals surface area contributed by atoms with Crippen molar-refractivity contribution < 1.29 is 14.6 Å². The molecule has 1 N–H and O–H groups in total. The van der Waals surface area contributed by atoms with Crippen molar-refractivity contribution in [3.63, 3.8) is 0 Å². The Hall–Kier alpha value is -2.99. The summed E-state index contributed by atoms with van der Waals surface area (Å²) >= 11 is 6.11. The maximum absolute atomic E-state index is 11.6. The first kappa shape index (κ1) is 18.8. The Labute approximate surface area is 161 Å². The molecule has 0 saturated heterocycles. The molecule has 0 radical (unpaired) electrons. The number of pyridine rings is 1. The van der Waals surface area contributed by atoms with Crippen LogP contribution >= 0.6 is 11.6 Å². The molecule has 2 aromatic heterocycles. The number of aromatic nitrogens is 3. The highest BCUT2D eigenvalue weighted by atomic mass is 35.5. The summed E-state index contributed by atoms with van der Waals surface area (Å²) in [4.78, 5) is 24.7. The van der Waals surface area contributed by atoms with Gasteiger partial charge in [0.25, 0.3) is 0 Å². The van der Waals surface area contributed by atoms with E-state index in [0.29, 0.717) is 34.3 Å². The van der Waals surface area contributed by atoms with Crippen molar-refractivity contribution >= 4 is 17.6 Å². The van der Waals surface area contributed by atoms with Crippen LogP contribution in [0.2, 0.25) is 5.02 Å². The zero-order valence-corrected chi connectivity index (χ0v) is 15.6. The number of aromatic carboxylic acids is 1. The second kappa shape index (κ2) is 8.14. The fourth-order valence-electron chi connectivity index (χ4n) is 3.00. The fourth-order valence-corrected chi connectivity index (χ4v) is 3.19. The highest BCUT2D eigenvalue weighted by Gasteiger charge is 2.23. The molecule has 1 unspecified atom stereocenters. The first-order chi connectivity index (χ1) is 13.0. The zero-order valence-electron chi connectivity index (χ0n) is 14.9. The minimum Gasteiger partial charge on any atom is -0.479 e. The van der Waals surface area contributed by atoms with E-state index in [9.17, 15) is 9.90 Å². The van der Waals surface area contributed by atoms with Crippen LogP contribution in [0, 0.1) is 0 Å². The summed E-state index contributed by atoms with van der Waals surface area (Å²) in [5.41, 5.74) is 2.59. The Bertz CT molecular complexity index is 978. The number of carboxylic acid groups (broad SMARTS) is 1. The molecule has 0 fully saturated rings. The average molecular weight is 384 g/mol. The largest absolute Gasteiger partial charge is 0.479 e. The molecule has 27 heavy (non-hydrogen) atoms. The Morgan fingerprint density at radius 1 is 1.26 bits per heavy atom. The lowest BCUT2D eigenvalue weighted by molar-refractivity contribution is 0.0688. The molecule has 0 aliphatic carbocycles. The number of carboxylic acids is 1. The van der Waals surface area contributed by atoms with E-state index in [1.54, 1.807) is 30.5 Å². The summed E-state index contributed by atoms with van der Waals surface area (Å²) in [5, 5.41) is 10.0. The van der Waals surface area contributed by atoms with Gasteiger partial charge in [-0.25, -0.2) is 19.7 Å². The van der Waals surface area contributed by atoms with Gasteiger partial charge in [-0.05, 0) is 30.2 Å². The van der Waals surface area contributed by atoms with Gasteiger partial charge in [-0.2, -0.15) is 0 Å². The number of rotatable bonds is 6. The Morgan fingerprint density at radius 2 is 2.07 bits per heavy atom. The first-order valence-corrected chi connectivity index (χ1v) is 8.78. The first-order valence-electron chi connectivity index (χ1n) is 8.40. The molecule has 2 heterocycles. The highest BCUT2D eigenvalue weighted by molar-refractivity contribution is 6.30. The van der Waals surface area contributed by atoms with Crippen molar-refractivity contribution in [3.8, 4) is 17.1 Å². The van der Waals surface area contributed by atoms with E-state index in [1.165, 1.54) is 13.3 Å². The topological polar surface area (TPSA) is 85.2 Å². The molecule has 7 heteroatoms. The van der Waals surface area contributed by atoms with E-state index >= 15 is 0 Å². The minimum atomic E-state index is -1.07. The summed E-state index contributed by atoms with van der Waals surface area (Å²) in [6.45, 7) is 1.97. The monoisotopic (exact) mass is 383 g/mol. The number of halogens is 1. The van der Waals surface area contributed by atoms with Gasteiger partial charge >= 0.3 is 5.97 Å². The number of hydrogen-bond donors (Lipinski definition) is 1. The van der Waals surface area contributed by atoms with E-state index in [0.717, 1.165) is 5.56 Å². The SMILES string of the molecule is CCC(c1cnc(OC)c(-c2cccc(Cl)c2)n1)c1cccnc1C(=O)O. The van der Waals surface area contributed by atoms with E-state index in [2.05, 4.69) is 9.97 Å². The van der Waals surface area contributed by atoms with Crippen molar-refractivity contribution in [2.75, 3.05) is 7.11 Å². The predicted molar refractivity (Wildman–Crippen MR) is 102 cm³/mol. The third-order valence-corrected chi connectivity index (χ3v) is 4.47. The van der Waals surface area contributed by atoms with Crippen molar-refractivity contribution in [2.24, 2.45) is 0 Å². The number of carbonyl (C=O) groups is 1. The molecule has 0 amide bonds. The normalized spacial score (nSPS) is 11.8. The maximum atomic E-state index is 11.6. The van der Waals surface area contributed by atoms with Crippen LogP contribution < -0.4 is 4.74 Å². The summed E-state index contributed by atoms with van der Waals surface area (Å²) in [6, 6.07) is 10.7. The molecule has 3 rings (SSSR count). The average Bonchev–Trinajstić information content (AvgIpc) is 2.68. The van der Waals surface area contributed by atoms with Gasteiger partial charge in [0.15, 0.2) is 5.69 Å². The van der Waals surface area contributed by atoms with Crippen molar-refractivity contribution in [2.45, 2.75) is 19.3 Å². The van der Waals surface area contributed by atoms with Crippen LogP contribution in [0.5, 0.6) is 5.88 Å². The molecule has 0 bridgehead atoms. The molecule has 0 aliphatic heterocycles. The van der Waals surface area contributed by atoms with Gasteiger partial charge in [-0.1, -0.05) is 36.7 Å². The Morgan fingerprint density at radius 3 is 2.74 bits per heavy atom. The standard InChI is InChI=1S/C20H18ClN3O3/c1-3-14(15-8-5-9-22-18(15)20(25)26)16-11-23-19(27-2)17(24-16)12-6-4-7-13(21)10-12/h4-11,14H,3H2,1-2H3,(H,25,26). The van der Waals surface area contributed by atoms with Crippen LogP contribution in [0.25, 0.3) is 11.3 Å². The molecule has 1 atom stereocenters. The Kier molecular flexibility index (Phi) is 5.66. The smallest absolute Gasteiger partial charge is 0.354 e. The lowest BCUT2D eigenvalue weighted by Gasteiger charge is -2.18. The van der Waals surface area contributed by atoms with E-state index in [-0.39, 0.29) is 11.6 Å². The minimum absolute atomic E-state index is 0.0197. The predicted octanol–water partition coefficient (Wildman–Crippen LogP) is 4.44. The van der Waals surface area contributed by atoms with Crippen molar-refractivity contribution in [1.29, 1.82) is 0 Å². The van der Waals surface area contributed by atoms with Crippen molar-refractivity contribution in [1.82, 2.24) is 15.0 Å². The van der Waals surface area contributed by atoms with Gasteiger partial charge in [0.1, 0.15) is 5.69 Å². The lowest BCUT2D eigenvalue weighted by atomic mass is 9.92. The lowest BCUT2D eigenvalue weighted by Crippen LogP contribution is -2.12. The summed E-state index contributed by atoms with van der Waals surface area (Å²) in [5.74, 6) is -0.956. The van der Waals surface area contributed by atoms with Crippen molar-refractivity contribution in [3.05, 3.63) is 70.8 Å². The van der Waals surface area contributed by atoms with Crippen LogP contribution in [0.3, 0.4) is 0 Å². The third-order valence-electron chi connectivity index (χ3n) is 4.23. The molecular formula is C20H18ClN3O3. The molecule has 1 aromatic carbocycles. The summed E-state index contributed by atoms with van der Waals surface area (Å²) in [7, 11) is 1.53. The summed E-state index contributed by atoms with van der Waals surface area (Å²) < 4.78 is 5.35. The molecule has 3 aromatic rings. The highest BCUT2D eigenvalue weighted by Crippen LogP contribution is 2.33. The summed E-state index contributed by atoms with van der Waals surface area (Å²) in [6.07, 6.45) is 3.72.